The summed E-state index contributed by atoms with van der Waals surface area (Å²) in [5, 5.41) is 11.0. The molecule has 3 heteroatoms. The molecule has 0 unspecified atom stereocenters. The van der Waals surface area contributed by atoms with Gasteiger partial charge >= 0.3 is 5.97 Å². The van der Waals surface area contributed by atoms with Crippen molar-refractivity contribution in [2.24, 2.45) is 0 Å². The van der Waals surface area contributed by atoms with Crippen molar-refractivity contribution in [3.8, 4) is 0 Å². The fourth-order valence-corrected chi connectivity index (χ4v) is 1.90. The molecule has 0 radical (unpaired) electrons. The van der Waals surface area contributed by atoms with Crippen LogP contribution in [0.25, 0.3) is 10.8 Å². The maximum absolute atomic E-state index is 11.8. The zero-order chi connectivity index (χ0) is 12.3. The number of fused-ring (bicyclic) bond motifs is 1. The highest BCUT2D eigenvalue weighted by Gasteiger charge is 2.11. The van der Waals surface area contributed by atoms with Crippen LogP contribution < -0.4 is 0 Å². The van der Waals surface area contributed by atoms with Crippen LogP contribution in [-0.2, 0) is 11.3 Å². The van der Waals surface area contributed by atoms with Crippen molar-refractivity contribution in [2.45, 2.75) is 13.5 Å². The van der Waals surface area contributed by atoms with Crippen molar-refractivity contribution in [3.05, 3.63) is 47.5 Å². The van der Waals surface area contributed by atoms with Crippen LogP contribution in [0.1, 0.15) is 22.8 Å². The molecular weight excluding hydrogens is 216 g/mol. The minimum atomic E-state index is -0.326. The molecule has 0 saturated carbocycles. The number of benzene rings is 2. The van der Waals surface area contributed by atoms with Gasteiger partial charge in [-0.1, -0.05) is 30.3 Å². The Kier molecular flexibility index (Phi) is 3.40. The molecular formula is C14H14O3. The Bertz CT molecular complexity index is 546. The van der Waals surface area contributed by atoms with E-state index in [0.717, 1.165) is 16.3 Å². The average molecular weight is 230 g/mol. The number of rotatable bonds is 3. The van der Waals surface area contributed by atoms with Crippen LogP contribution in [0.4, 0.5) is 0 Å². The van der Waals surface area contributed by atoms with E-state index in [1.807, 2.05) is 24.3 Å². The number of aliphatic hydroxyl groups excluding tert-OH is 1. The van der Waals surface area contributed by atoms with E-state index >= 15 is 0 Å². The van der Waals surface area contributed by atoms with Crippen molar-refractivity contribution in [2.75, 3.05) is 6.61 Å². The highest BCUT2D eigenvalue weighted by Crippen LogP contribution is 2.23. The van der Waals surface area contributed by atoms with E-state index in [2.05, 4.69) is 0 Å². The maximum atomic E-state index is 11.8. The van der Waals surface area contributed by atoms with Gasteiger partial charge in [-0.2, -0.15) is 0 Å². The molecule has 2 aromatic carbocycles. The Morgan fingerprint density at radius 3 is 2.59 bits per heavy atom. The molecule has 0 spiro atoms. The first kappa shape index (κ1) is 11.6. The smallest absolute Gasteiger partial charge is 0.338 e. The normalized spacial score (nSPS) is 10.5. The first-order valence-corrected chi connectivity index (χ1v) is 5.56. The number of carbonyl (C=O) groups is 1. The SMILES string of the molecule is CCOC(=O)c1cccc2c(CO)cccc12. The first-order chi connectivity index (χ1) is 8.27. The third-order valence-corrected chi connectivity index (χ3v) is 2.68. The molecule has 2 aromatic rings. The van der Waals surface area contributed by atoms with Crippen molar-refractivity contribution < 1.29 is 14.6 Å². The largest absolute Gasteiger partial charge is 0.462 e. The molecule has 1 N–H and O–H groups in total. The zero-order valence-corrected chi connectivity index (χ0v) is 9.64. The third-order valence-electron chi connectivity index (χ3n) is 2.68. The highest BCUT2D eigenvalue weighted by atomic mass is 16.5. The lowest BCUT2D eigenvalue weighted by Crippen LogP contribution is -2.05. The van der Waals surface area contributed by atoms with Gasteiger partial charge in [0.05, 0.1) is 18.8 Å². The summed E-state index contributed by atoms with van der Waals surface area (Å²) in [5.74, 6) is -0.326. The monoisotopic (exact) mass is 230 g/mol. The fraction of sp³-hybridized carbons (Fsp3) is 0.214. The summed E-state index contributed by atoms with van der Waals surface area (Å²) >= 11 is 0. The standard InChI is InChI=1S/C14H14O3/c1-2-17-14(16)13-8-4-6-11-10(9-15)5-3-7-12(11)13/h3-8,15H,2,9H2,1H3. The van der Waals surface area contributed by atoms with Crippen LogP contribution in [0.2, 0.25) is 0 Å². The van der Waals surface area contributed by atoms with Gasteiger partial charge < -0.3 is 9.84 Å². The van der Waals surface area contributed by atoms with Gasteiger partial charge in [-0.3, -0.25) is 0 Å². The van der Waals surface area contributed by atoms with Gasteiger partial charge in [-0.05, 0) is 29.3 Å². The second kappa shape index (κ2) is 4.97. The summed E-state index contributed by atoms with van der Waals surface area (Å²) in [6.07, 6.45) is 0. The minimum Gasteiger partial charge on any atom is -0.462 e. The van der Waals surface area contributed by atoms with Crippen LogP contribution in [0.3, 0.4) is 0 Å². The van der Waals surface area contributed by atoms with E-state index in [-0.39, 0.29) is 12.6 Å². The number of hydrogen-bond acceptors (Lipinski definition) is 3. The van der Waals surface area contributed by atoms with Crippen molar-refractivity contribution in [1.82, 2.24) is 0 Å². The molecule has 0 aromatic heterocycles. The molecule has 17 heavy (non-hydrogen) atoms. The summed E-state index contributed by atoms with van der Waals surface area (Å²) in [4.78, 5) is 11.8. The van der Waals surface area contributed by atoms with E-state index in [0.29, 0.717) is 12.2 Å². The molecule has 88 valence electrons. The van der Waals surface area contributed by atoms with Gasteiger partial charge in [0.25, 0.3) is 0 Å². The summed E-state index contributed by atoms with van der Waals surface area (Å²) in [6.45, 7) is 2.10. The minimum absolute atomic E-state index is 0.0381. The van der Waals surface area contributed by atoms with Crippen molar-refractivity contribution in [3.63, 3.8) is 0 Å². The van der Waals surface area contributed by atoms with Crippen LogP contribution in [0.5, 0.6) is 0 Å². The molecule has 2 rings (SSSR count). The first-order valence-electron chi connectivity index (χ1n) is 5.56. The molecule has 3 nitrogen and oxygen atoms in total. The molecule has 0 bridgehead atoms. The second-order valence-electron chi connectivity index (χ2n) is 3.70. The summed E-state index contributed by atoms with van der Waals surface area (Å²) in [5.41, 5.74) is 1.35. The van der Waals surface area contributed by atoms with E-state index < -0.39 is 0 Å². The molecule has 0 amide bonds. The molecule has 0 aliphatic carbocycles. The van der Waals surface area contributed by atoms with E-state index in [9.17, 15) is 9.90 Å². The number of ether oxygens (including phenoxy) is 1. The number of carbonyl (C=O) groups excluding carboxylic acids is 1. The zero-order valence-electron chi connectivity index (χ0n) is 9.64. The molecule has 0 atom stereocenters. The Balaban J connectivity index is 2.62. The van der Waals surface area contributed by atoms with Gasteiger partial charge in [-0.25, -0.2) is 4.79 Å². The lowest BCUT2D eigenvalue weighted by Gasteiger charge is -2.08. The van der Waals surface area contributed by atoms with Crippen LogP contribution in [0, 0.1) is 0 Å². The van der Waals surface area contributed by atoms with Gasteiger partial charge in [0, 0.05) is 0 Å². The molecule has 0 heterocycles. The third kappa shape index (κ3) is 2.15. The molecule has 0 aliphatic heterocycles. The van der Waals surface area contributed by atoms with Crippen LogP contribution in [0.15, 0.2) is 36.4 Å². The fourth-order valence-electron chi connectivity index (χ4n) is 1.90. The maximum Gasteiger partial charge on any atom is 0.338 e. The number of hydrogen-bond donors (Lipinski definition) is 1. The molecule has 0 aliphatic rings. The van der Waals surface area contributed by atoms with Crippen molar-refractivity contribution in [1.29, 1.82) is 0 Å². The Morgan fingerprint density at radius 2 is 1.88 bits per heavy atom. The Hall–Kier alpha value is -1.87. The lowest BCUT2D eigenvalue weighted by molar-refractivity contribution is 0.0528. The predicted molar refractivity (Wildman–Crippen MR) is 65.8 cm³/mol. The van der Waals surface area contributed by atoms with Crippen molar-refractivity contribution >= 4 is 16.7 Å². The summed E-state index contributed by atoms with van der Waals surface area (Å²) < 4.78 is 5.01. The number of esters is 1. The lowest BCUT2D eigenvalue weighted by atomic mass is 10.0. The van der Waals surface area contributed by atoms with Gasteiger partial charge in [0.1, 0.15) is 0 Å². The van der Waals surface area contributed by atoms with E-state index in [1.54, 1.807) is 19.1 Å². The Labute approximate surface area is 99.6 Å². The quantitative estimate of drug-likeness (QED) is 0.824. The molecule has 0 saturated heterocycles. The molecule has 0 fully saturated rings. The van der Waals surface area contributed by atoms with Gasteiger partial charge in [0.15, 0.2) is 0 Å². The van der Waals surface area contributed by atoms with Crippen LogP contribution in [-0.4, -0.2) is 17.7 Å². The average Bonchev–Trinajstić information content (AvgIpc) is 2.37. The summed E-state index contributed by atoms with van der Waals surface area (Å²) in [7, 11) is 0. The van der Waals surface area contributed by atoms with Gasteiger partial charge in [-0.15, -0.1) is 0 Å². The van der Waals surface area contributed by atoms with E-state index in [4.69, 9.17) is 4.74 Å². The predicted octanol–water partition coefficient (Wildman–Crippen LogP) is 2.51. The second-order valence-corrected chi connectivity index (χ2v) is 3.70. The van der Waals surface area contributed by atoms with E-state index in [1.165, 1.54) is 0 Å². The van der Waals surface area contributed by atoms with Gasteiger partial charge in [0.2, 0.25) is 0 Å². The highest BCUT2D eigenvalue weighted by molar-refractivity contribution is 6.05. The summed E-state index contributed by atoms with van der Waals surface area (Å²) in [6, 6.07) is 11.0. The van der Waals surface area contributed by atoms with Crippen LogP contribution >= 0.6 is 0 Å². The topological polar surface area (TPSA) is 46.5 Å². The Morgan fingerprint density at radius 1 is 1.18 bits per heavy atom. The number of aliphatic hydroxyl groups is 1.